The molecule has 6 rings (SSSR count). The monoisotopic (exact) mass is 469 g/mol. The molecule has 0 aromatic heterocycles. The standard InChI is InChI=1S/C35H35N/c1-4-25-20-24(2)21-28(22-25)35(3)31-17-9-8-16-30(31)34-32(35)18-11-19-33(34)36-29-15-10-14-27(23-29)26-12-6-5-7-13-26/h5-19,21,23-25,36H,4,20,22H2,1-3H3. The van der Waals surface area contributed by atoms with Gasteiger partial charge in [-0.3, -0.25) is 0 Å². The van der Waals surface area contributed by atoms with Gasteiger partial charge in [-0.2, -0.15) is 0 Å². The van der Waals surface area contributed by atoms with Crippen LogP contribution < -0.4 is 5.32 Å². The summed E-state index contributed by atoms with van der Waals surface area (Å²) in [5, 5.41) is 3.81. The Hall–Kier alpha value is -3.58. The topological polar surface area (TPSA) is 12.0 Å². The van der Waals surface area contributed by atoms with Gasteiger partial charge in [0.1, 0.15) is 0 Å². The molecular weight excluding hydrogens is 434 g/mol. The minimum atomic E-state index is -0.0857. The molecule has 0 heterocycles. The fourth-order valence-corrected chi connectivity index (χ4v) is 6.64. The summed E-state index contributed by atoms with van der Waals surface area (Å²) in [6.07, 6.45) is 6.35. The summed E-state index contributed by atoms with van der Waals surface area (Å²) in [6, 6.07) is 35.3. The maximum Gasteiger partial charge on any atom is 0.0467 e. The van der Waals surface area contributed by atoms with Crippen LogP contribution in [0.25, 0.3) is 22.3 Å². The number of nitrogens with one attached hydrogen (secondary N) is 1. The first-order valence-corrected chi connectivity index (χ1v) is 13.4. The fraction of sp³-hybridized carbons (Fsp3) is 0.257. The Morgan fingerprint density at radius 2 is 1.53 bits per heavy atom. The first-order chi connectivity index (χ1) is 17.6. The van der Waals surface area contributed by atoms with Crippen LogP contribution in [0.1, 0.15) is 51.2 Å². The summed E-state index contributed by atoms with van der Waals surface area (Å²) in [7, 11) is 0. The summed E-state index contributed by atoms with van der Waals surface area (Å²) in [5.74, 6) is 1.41. The lowest BCUT2D eigenvalue weighted by molar-refractivity contribution is 0.373. The normalized spacial score (nSPS) is 22.5. The maximum atomic E-state index is 3.81. The van der Waals surface area contributed by atoms with E-state index < -0.39 is 0 Å². The fourth-order valence-electron chi connectivity index (χ4n) is 6.64. The quantitative estimate of drug-likeness (QED) is 0.287. The van der Waals surface area contributed by atoms with E-state index in [0.29, 0.717) is 5.92 Å². The van der Waals surface area contributed by atoms with Crippen LogP contribution in [0, 0.1) is 11.8 Å². The van der Waals surface area contributed by atoms with Gasteiger partial charge in [0.05, 0.1) is 0 Å². The van der Waals surface area contributed by atoms with Crippen molar-refractivity contribution >= 4 is 11.4 Å². The molecule has 0 fully saturated rings. The van der Waals surface area contributed by atoms with Crippen molar-refractivity contribution in [2.24, 2.45) is 11.8 Å². The van der Waals surface area contributed by atoms with Crippen molar-refractivity contribution in [3.8, 4) is 22.3 Å². The van der Waals surface area contributed by atoms with Gasteiger partial charge in [0, 0.05) is 22.4 Å². The van der Waals surface area contributed by atoms with Crippen LogP contribution in [0.15, 0.2) is 109 Å². The zero-order valence-electron chi connectivity index (χ0n) is 21.6. The summed E-state index contributed by atoms with van der Waals surface area (Å²) in [5.41, 5.74) is 11.9. The summed E-state index contributed by atoms with van der Waals surface area (Å²) in [6.45, 7) is 7.21. The molecule has 4 aromatic rings. The van der Waals surface area contributed by atoms with Gasteiger partial charge in [0.15, 0.2) is 0 Å². The molecule has 2 aliphatic rings. The van der Waals surface area contributed by atoms with Crippen LogP contribution >= 0.6 is 0 Å². The van der Waals surface area contributed by atoms with E-state index in [4.69, 9.17) is 0 Å². The van der Waals surface area contributed by atoms with Crippen LogP contribution in [0.4, 0.5) is 11.4 Å². The van der Waals surface area contributed by atoms with E-state index in [1.807, 2.05) is 0 Å². The molecule has 4 aromatic carbocycles. The number of benzene rings is 4. The third-order valence-electron chi connectivity index (χ3n) is 8.51. The zero-order chi connectivity index (χ0) is 24.7. The molecule has 0 bridgehead atoms. The minimum Gasteiger partial charge on any atom is -0.355 e. The van der Waals surface area contributed by atoms with E-state index in [9.17, 15) is 0 Å². The highest BCUT2D eigenvalue weighted by Gasteiger charge is 2.44. The summed E-state index contributed by atoms with van der Waals surface area (Å²) in [4.78, 5) is 0. The summed E-state index contributed by atoms with van der Waals surface area (Å²) < 4.78 is 0. The van der Waals surface area contributed by atoms with E-state index in [1.54, 1.807) is 5.57 Å². The Bertz CT molecular complexity index is 1430. The molecule has 0 saturated heterocycles. The van der Waals surface area contributed by atoms with Gasteiger partial charge in [-0.15, -0.1) is 0 Å². The van der Waals surface area contributed by atoms with Crippen molar-refractivity contribution in [3.63, 3.8) is 0 Å². The zero-order valence-corrected chi connectivity index (χ0v) is 21.6. The molecule has 3 unspecified atom stereocenters. The van der Waals surface area contributed by atoms with E-state index >= 15 is 0 Å². The second-order valence-corrected chi connectivity index (χ2v) is 10.9. The largest absolute Gasteiger partial charge is 0.355 e. The van der Waals surface area contributed by atoms with Crippen LogP contribution in [0.2, 0.25) is 0 Å². The van der Waals surface area contributed by atoms with Gasteiger partial charge >= 0.3 is 0 Å². The second kappa shape index (κ2) is 9.13. The highest BCUT2D eigenvalue weighted by Crippen LogP contribution is 2.57. The lowest BCUT2D eigenvalue weighted by atomic mass is 9.67. The molecular formula is C35H35N. The van der Waals surface area contributed by atoms with Gasteiger partial charge in [-0.1, -0.05) is 111 Å². The Morgan fingerprint density at radius 3 is 2.36 bits per heavy atom. The molecule has 0 aliphatic heterocycles. The van der Waals surface area contributed by atoms with Crippen molar-refractivity contribution < 1.29 is 0 Å². The highest BCUT2D eigenvalue weighted by molar-refractivity contribution is 5.92. The van der Waals surface area contributed by atoms with E-state index in [2.05, 4.69) is 129 Å². The minimum absolute atomic E-state index is 0.0857. The van der Waals surface area contributed by atoms with E-state index in [-0.39, 0.29) is 5.41 Å². The second-order valence-electron chi connectivity index (χ2n) is 10.9. The highest BCUT2D eigenvalue weighted by atomic mass is 14.9. The van der Waals surface area contributed by atoms with Crippen LogP contribution in [0.5, 0.6) is 0 Å². The van der Waals surface area contributed by atoms with Gasteiger partial charge in [0.2, 0.25) is 0 Å². The number of rotatable bonds is 5. The smallest absolute Gasteiger partial charge is 0.0467 e. The molecule has 1 heteroatoms. The molecule has 0 amide bonds. The molecule has 3 atom stereocenters. The van der Waals surface area contributed by atoms with E-state index in [0.717, 1.165) is 11.6 Å². The number of fused-ring (bicyclic) bond motifs is 3. The molecule has 2 aliphatic carbocycles. The molecule has 0 spiro atoms. The average Bonchev–Trinajstić information content (AvgIpc) is 3.19. The molecule has 0 saturated carbocycles. The Balaban J connectivity index is 1.45. The molecule has 36 heavy (non-hydrogen) atoms. The predicted molar refractivity (Wildman–Crippen MR) is 154 cm³/mol. The Labute approximate surface area is 215 Å². The van der Waals surface area contributed by atoms with E-state index in [1.165, 1.54) is 58.3 Å². The SMILES string of the molecule is CCC1CC(C2(C)c3ccccc3-c3c(Nc4cccc(-c5ccccc5)c4)cccc32)=CC(C)C1. The first-order valence-electron chi connectivity index (χ1n) is 13.4. The lowest BCUT2D eigenvalue weighted by Crippen LogP contribution is -2.28. The van der Waals surface area contributed by atoms with Crippen molar-refractivity contribution in [3.05, 3.63) is 120 Å². The number of allylic oxidation sites excluding steroid dienone is 2. The Morgan fingerprint density at radius 1 is 0.806 bits per heavy atom. The number of hydrogen-bond acceptors (Lipinski definition) is 1. The van der Waals surface area contributed by atoms with Gasteiger partial charge in [-0.25, -0.2) is 0 Å². The molecule has 180 valence electrons. The van der Waals surface area contributed by atoms with Crippen LogP contribution in [-0.2, 0) is 5.41 Å². The first kappa shape index (κ1) is 22.9. The van der Waals surface area contributed by atoms with Crippen molar-refractivity contribution in [2.75, 3.05) is 5.32 Å². The molecule has 0 radical (unpaired) electrons. The Kier molecular flexibility index (Phi) is 5.80. The number of anilines is 2. The van der Waals surface area contributed by atoms with Crippen LogP contribution in [-0.4, -0.2) is 0 Å². The van der Waals surface area contributed by atoms with Gasteiger partial charge < -0.3 is 5.32 Å². The van der Waals surface area contributed by atoms with Crippen molar-refractivity contribution in [1.82, 2.24) is 0 Å². The molecule has 1 N–H and O–H groups in total. The lowest BCUT2D eigenvalue weighted by Gasteiger charge is -2.37. The van der Waals surface area contributed by atoms with Crippen LogP contribution in [0.3, 0.4) is 0 Å². The molecule has 1 nitrogen and oxygen atoms in total. The van der Waals surface area contributed by atoms with Gasteiger partial charge in [0.25, 0.3) is 0 Å². The third kappa shape index (κ3) is 3.78. The predicted octanol–water partition coefficient (Wildman–Crippen LogP) is 9.77. The van der Waals surface area contributed by atoms with Crippen molar-refractivity contribution in [1.29, 1.82) is 0 Å². The average molecular weight is 470 g/mol. The van der Waals surface area contributed by atoms with Crippen molar-refractivity contribution in [2.45, 2.75) is 45.4 Å². The summed E-state index contributed by atoms with van der Waals surface area (Å²) >= 11 is 0. The maximum absolute atomic E-state index is 3.81. The number of hydrogen-bond donors (Lipinski definition) is 1. The third-order valence-corrected chi connectivity index (χ3v) is 8.51. The van der Waals surface area contributed by atoms with Gasteiger partial charge in [-0.05, 0) is 77.6 Å².